The zero-order valence-electron chi connectivity index (χ0n) is 21.8. The summed E-state index contributed by atoms with van der Waals surface area (Å²) in [5.74, 6) is -0.526. The molecule has 1 saturated heterocycles. The molecule has 2 atom stereocenters. The van der Waals surface area contributed by atoms with E-state index in [1.165, 1.54) is 0 Å². The number of nitrogens with two attached hydrogens (primary N) is 2. The third-order valence-electron chi connectivity index (χ3n) is 7.63. The van der Waals surface area contributed by atoms with Gasteiger partial charge in [-0.2, -0.15) is 0 Å². The Labute approximate surface area is 211 Å². The van der Waals surface area contributed by atoms with Crippen molar-refractivity contribution >= 4 is 26.0 Å². The molecule has 0 radical (unpaired) electrons. The van der Waals surface area contributed by atoms with Crippen molar-refractivity contribution in [2.75, 3.05) is 0 Å². The van der Waals surface area contributed by atoms with Gasteiger partial charge in [-0.1, -0.05) is 20.8 Å². The zero-order valence-corrected chi connectivity index (χ0v) is 23.4. The number of hydrogen-bond donors (Lipinski definition) is 3. The number of primary sulfonamides is 2. The normalized spacial score (nSPS) is 34.5. The fourth-order valence-electron chi connectivity index (χ4n) is 5.00. The lowest BCUT2D eigenvalue weighted by atomic mass is 9.87. The summed E-state index contributed by atoms with van der Waals surface area (Å²) in [4.78, 5) is 12.0. The van der Waals surface area contributed by atoms with E-state index in [4.69, 9.17) is 19.8 Å². The minimum Gasteiger partial charge on any atom is -0.353 e. The van der Waals surface area contributed by atoms with Gasteiger partial charge >= 0.3 is 0 Å². The highest BCUT2D eigenvalue weighted by molar-refractivity contribution is 7.90. The van der Waals surface area contributed by atoms with Crippen LogP contribution in [0.1, 0.15) is 98.8 Å². The van der Waals surface area contributed by atoms with Crippen LogP contribution in [0, 0.1) is 5.41 Å². The van der Waals surface area contributed by atoms with Crippen molar-refractivity contribution in [3.05, 3.63) is 0 Å². The number of ether oxygens (including phenoxy) is 2. The van der Waals surface area contributed by atoms with E-state index >= 15 is 0 Å². The van der Waals surface area contributed by atoms with Gasteiger partial charge in [-0.25, -0.2) is 27.1 Å². The largest absolute Gasteiger partial charge is 0.353 e. The second-order valence-corrected chi connectivity index (χ2v) is 14.8. The molecule has 3 aliphatic rings. The summed E-state index contributed by atoms with van der Waals surface area (Å²) in [5, 5.41) is 12.4. The number of rotatable bonds is 5. The molecule has 3 fully saturated rings. The Balaban J connectivity index is 0.000000247. The van der Waals surface area contributed by atoms with Gasteiger partial charge in [-0.15, -0.1) is 0 Å². The van der Waals surface area contributed by atoms with Crippen molar-refractivity contribution < 1.29 is 31.1 Å². The smallest absolute Gasteiger partial charge is 0.225 e. The van der Waals surface area contributed by atoms with E-state index in [2.05, 4.69) is 5.32 Å². The molecule has 0 aromatic rings. The number of amides is 1. The van der Waals surface area contributed by atoms with E-state index in [0.29, 0.717) is 51.4 Å². The van der Waals surface area contributed by atoms with Crippen molar-refractivity contribution in [1.29, 1.82) is 0 Å². The van der Waals surface area contributed by atoms with E-state index < -0.39 is 36.3 Å². The summed E-state index contributed by atoms with van der Waals surface area (Å²) >= 11 is 0. The Hall–Kier alpha value is -0.790. The number of carbonyl (C=O) groups excluding carboxylic acids is 1. The van der Waals surface area contributed by atoms with Crippen LogP contribution in [0.2, 0.25) is 0 Å². The monoisotopic (exact) mass is 539 g/mol. The lowest BCUT2D eigenvalue weighted by Crippen LogP contribution is -2.51. The van der Waals surface area contributed by atoms with Gasteiger partial charge in [0.2, 0.25) is 26.0 Å². The van der Waals surface area contributed by atoms with Crippen molar-refractivity contribution in [3.63, 3.8) is 0 Å². The highest BCUT2D eigenvalue weighted by atomic mass is 32.2. The Morgan fingerprint density at radius 1 is 0.886 bits per heavy atom. The van der Waals surface area contributed by atoms with Gasteiger partial charge in [-0.3, -0.25) is 4.79 Å². The van der Waals surface area contributed by atoms with Crippen LogP contribution < -0.4 is 15.6 Å². The molecule has 3 rings (SSSR count). The van der Waals surface area contributed by atoms with Gasteiger partial charge in [0.25, 0.3) is 0 Å². The second kappa shape index (κ2) is 11.7. The summed E-state index contributed by atoms with van der Waals surface area (Å²) in [7, 11) is -6.84. The molecule has 0 aromatic carbocycles. The average Bonchev–Trinajstić information content (AvgIpc) is 2.72. The summed E-state index contributed by atoms with van der Waals surface area (Å²) in [5.41, 5.74) is -0.364. The topological polar surface area (TPSA) is 168 Å². The van der Waals surface area contributed by atoms with Gasteiger partial charge in [-0.05, 0) is 65.2 Å². The molecule has 1 heterocycles. The average molecular weight is 540 g/mol. The number of hydrogen-bond acceptors (Lipinski definition) is 7. The van der Waals surface area contributed by atoms with Crippen LogP contribution in [-0.2, 0) is 34.3 Å². The lowest BCUT2D eigenvalue weighted by Gasteiger charge is -2.46. The first-order valence-electron chi connectivity index (χ1n) is 12.7. The van der Waals surface area contributed by atoms with E-state index in [1.54, 1.807) is 0 Å². The molecule has 10 nitrogen and oxygen atoms in total. The summed E-state index contributed by atoms with van der Waals surface area (Å²) in [6.07, 6.45) is 6.74. The molecule has 1 amide bonds. The Morgan fingerprint density at radius 3 is 1.71 bits per heavy atom. The van der Waals surface area contributed by atoms with Crippen LogP contribution in [0.4, 0.5) is 0 Å². The van der Waals surface area contributed by atoms with Crippen LogP contribution in [0.5, 0.6) is 0 Å². The molecule has 2 unspecified atom stereocenters. The maximum absolute atomic E-state index is 12.0. The van der Waals surface area contributed by atoms with E-state index in [1.807, 2.05) is 34.6 Å². The molecule has 2 aliphatic carbocycles. The van der Waals surface area contributed by atoms with E-state index in [0.717, 1.165) is 12.8 Å². The molecule has 35 heavy (non-hydrogen) atoms. The van der Waals surface area contributed by atoms with Gasteiger partial charge in [0.15, 0.2) is 5.79 Å². The summed E-state index contributed by atoms with van der Waals surface area (Å²) in [6, 6.07) is 0.0846. The van der Waals surface area contributed by atoms with Gasteiger partial charge in [0.1, 0.15) is 0 Å². The SMILES string of the molecule is CC1CC(C)OC2(CCC(S(N)(=O)=O)CC2)O1.CCC(C)(C)C(=O)NC1CCC(S(N)(=O)=O)CC1. The van der Waals surface area contributed by atoms with Crippen molar-refractivity contribution in [2.24, 2.45) is 15.7 Å². The van der Waals surface area contributed by atoms with Gasteiger partial charge in [0, 0.05) is 24.3 Å². The molecule has 12 heteroatoms. The first-order chi connectivity index (χ1) is 16.0. The third kappa shape index (κ3) is 8.92. The molecule has 1 spiro atoms. The molecule has 0 bridgehead atoms. The molecule has 0 aromatic heterocycles. The standard InChI is InChI=1S/C12H24N2O3S.C11H21NO4S/c1-4-12(2,3)11(15)14-9-5-7-10(8-6-9)18(13,16)17;1-8-7-9(2)16-11(15-8)5-3-10(4-6-11)17(12,13)14/h9-10H,4-8H2,1-3H3,(H,14,15)(H2,13,16,17);8-10H,3-7H2,1-2H3,(H2,12,13,14). The van der Waals surface area contributed by atoms with Crippen LogP contribution in [-0.4, -0.2) is 57.3 Å². The predicted octanol–water partition coefficient (Wildman–Crippen LogP) is 2.27. The fourth-order valence-corrected chi connectivity index (χ4v) is 6.82. The fraction of sp³-hybridized carbons (Fsp3) is 0.957. The van der Waals surface area contributed by atoms with Crippen molar-refractivity contribution in [1.82, 2.24) is 5.32 Å². The van der Waals surface area contributed by atoms with Crippen LogP contribution in [0.15, 0.2) is 0 Å². The first kappa shape index (κ1) is 30.4. The maximum atomic E-state index is 12.0. The minimum absolute atomic E-state index is 0.0454. The lowest BCUT2D eigenvalue weighted by molar-refractivity contribution is -0.322. The highest BCUT2D eigenvalue weighted by Crippen LogP contribution is 2.40. The Kier molecular flexibility index (Phi) is 10.2. The van der Waals surface area contributed by atoms with Crippen molar-refractivity contribution in [2.45, 2.75) is 133 Å². The second-order valence-electron chi connectivity index (χ2n) is 11.1. The quantitative estimate of drug-likeness (QED) is 0.481. The molecule has 2 saturated carbocycles. The minimum atomic E-state index is -3.42. The first-order valence-corrected chi connectivity index (χ1v) is 15.9. The Bertz CT molecular complexity index is 909. The van der Waals surface area contributed by atoms with Crippen LogP contribution in [0.25, 0.3) is 0 Å². The maximum Gasteiger partial charge on any atom is 0.225 e. The van der Waals surface area contributed by atoms with Crippen LogP contribution in [0.3, 0.4) is 0 Å². The molecule has 206 valence electrons. The molecular formula is C23H45N3O7S2. The number of carbonyl (C=O) groups is 1. The molecule has 1 aliphatic heterocycles. The predicted molar refractivity (Wildman–Crippen MR) is 135 cm³/mol. The van der Waals surface area contributed by atoms with Gasteiger partial charge in [0.05, 0.1) is 22.7 Å². The van der Waals surface area contributed by atoms with Gasteiger partial charge < -0.3 is 14.8 Å². The Morgan fingerprint density at radius 2 is 1.31 bits per heavy atom. The van der Waals surface area contributed by atoms with E-state index in [-0.39, 0.29) is 29.6 Å². The summed E-state index contributed by atoms with van der Waals surface area (Å²) < 4.78 is 56.8. The number of sulfonamides is 2. The molecular weight excluding hydrogens is 494 g/mol. The highest BCUT2D eigenvalue weighted by Gasteiger charge is 2.44. The summed E-state index contributed by atoms with van der Waals surface area (Å²) in [6.45, 7) is 9.88. The van der Waals surface area contributed by atoms with E-state index in [9.17, 15) is 21.6 Å². The zero-order chi connectivity index (χ0) is 26.7. The molecule has 5 N–H and O–H groups in total. The van der Waals surface area contributed by atoms with Crippen LogP contribution >= 0.6 is 0 Å². The third-order valence-corrected chi connectivity index (χ3v) is 10.4. The van der Waals surface area contributed by atoms with Crippen molar-refractivity contribution in [3.8, 4) is 0 Å². The number of nitrogens with one attached hydrogen (secondary N) is 1.